The minimum absolute atomic E-state index is 0.246. The van der Waals surface area contributed by atoms with Gasteiger partial charge < -0.3 is 10.6 Å². The lowest BCUT2D eigenvalue weighted by Crippen LogP contribution is -2.47. The van der Waals surface area contributed by atoms with Crippen LogP contribution in [0.1, 0.15) is 29.1 Å². The zero-order valence-electron chi connectivity index (χ0n) is 13.3. The summed E-state index contributed by atoms with van der Waals surface area (Å²) in [5, 5.41) is 5.45. The van der Waals surface area contributed by atoms with Crippen LogP contribution >= 0.6 is 27.3 Å². The van der Waals surface area contributed by atoms with Crippen LogP contribution < -0.4 is 10.6 Å². The van der Waals surface area contributed by atoms with Crippen molar-refractivity contribution in [1.82, 2.24) is 10.6 Å². The van der Waals surface area contributed by atoms with Crippen LogP contribution in [0.5, 0.6) is 0 Å². The first-order valence-electron chi connectivity index (χ1n) is 7.47. The van der Waals surface area contributed by atoms with Crippen LogP contribution in [0.3, 0.4) is 0 Å². The molecule has 2 atom stereocenters. The standard InChI is InChI=1S/C17H18BrFN2O2S/c1-10(9-12-5-3-4-6-13(12)19)20-16(22)11(2)21-17(23)14-7-8-15(18)24-14/h3-8,10-11H,9H2,1-2H3,(H,20,22)(H,21,23). The number of benzene rings is 1. The molecule has 2 rings (SSSR count). The quantitative estimate of drug-likeness (QED) is 0.762. The molecule has 1 aromatic heterocycles. The normalized spacial score (nSPS) is 13.2. The van der Waals surface area contributed by atoms with Crippen molar-refractivity contribution < 1.29 is 14.0 Å². The van der Waals surface area contributed by atoms with Gasteiger partial charge in [0.25, 0.3) is 5.91 Å². The Balaban J connectivity index is 1.86. The van der Waals surface area contributed by atoms with Crippen LogP contribution in [0.2, 0.25) is 0 Å². The molecule has 2 unspecified atom stereocenters. The smallest absolute Gasteiger partial charge is 0.262 e. The van der Waals surface area contributed by atoms with E-state index < -0.39 is 6.04 Å². The summed E-state index contributed by atoms with van der Waals surface area (Å²) in [7, 11) is 0. The predicted octanol–water partition coefficient (Wildman–Crippen LogP) is 3.52. The molecular weight excluding hydrogens is 395 g/mol. The summed E-state index contributed by atoms with van der Waals surface area (Å²) in [6.07, 6.45) is 0.386. The van der Waals surface area contributed by atoms with Crippen molar-refractivity contribution in [2.45, 2.75) is 32.4 Å². The van der Waals surface area contributed by atoms with Gasteiger partial charge in [-0.2, -0.15) is 0 Å². The van der Waals surface area contributed by atoms with Crippen molar-refractivity contribution in [2.24, 2.45) is 0 Å². The Labute approximate surface area is 152 Å². The average Bonchev–Trinajstić information content (AvgIpc) is 2.96. The Morgan fingerprint density at radius 1 is 1.17 bits per heavy atom. The minimum atomic E-state index is -0.679. The number of amides is 2. The van der Waals surface area contributed by atoms with Gasteiger partial charge in [0.15, 0.2) is 0 Å². The van der Waals surface area contributed by atoms with Crippen LogP contribution in [-0.4, -0.2) is 23.9 Å². The van der Waals surface area contributed by atoms with Gasteiger partial charge in [0, 0.05) is 6.04 Å². The highest BCUT2D eigenvalue weighted by atomic mass is 79.9. The van der Waals surface area contributed by atoms with Crippen LogP contribution in [-0.2, 0) is 11.2 Å². The third-order valence-corrected chi connectivity index (χ3v) is 5.03. The number of nitrogens with one attached hydrogen (secondary N) is 2. The first kappa shape index (κ1) is 18.6. The fourth-order valence-corrected chi connectivity index (χ4v) is 3.47. The molecule has 4 nitrogen and oxygen atoms in total. The molecule has 0 fully saturated rings. The highest BCUT2D eigenvalue weighted by Gasteiger charge is 2.19. The van der Waals surface area contributed by atoms with E-state index in [9.17, 15) is 14.0 Å². The van der Waals surface area contributed by atoms with Crippen LogP contribution in [0.25, 0.3) is 0 Å². The van der Waals surface area contributed by atoms with Gasteiger partial charge in [0.2, 0.25) is 5.91 Å². The van der Waals surface area contributed by atoms with E-state index in [4.69, 9.17) is 0 Å². The molecule has 1 heterocycles. The molecule has 0 radical (unpaired) electrons. The summed E-state index contributed by atoms with van der Waals surface area (Å²) in [6.45, 7) is 3.42. The Morgan fingerprint density at radius 3 is 2.50 bits per heavy atom. The summed E-state index contributed by atoms with van der Waals surface area (Å²) in [4.78, 5) is 24.7. The van der Waals surface area contributed by atoms with Gasteiger partial charge in [-0.1, -0.05) is 18.2 Å². The molecule has 2 N–H and O–H groups in total. The molecule has 0 spiro atoms. The Bertz CT molecular complexity index is 735. The number of halogens is 2. The highest BCUT2D eigenvalue weighted by molar-refractivity contribution is 9.11. The van der Waals surface area contributed by atoms with E-state index in [1.165, 1.54) is 17.4 Å². The first-order chi connectivity index (χ1) is 11.4. The van der Waals surface area contributed by atoms with Crippen LogP contribution in [0.4, 0.5) is 4.39 Å². The van der Waals surface area contributed by atoms with Gasteiger partial charge >= 0.3 is 0 Å². The SMILES string of the molecule is CC(Cc1ccccc1F)NC(=O)C(C)NC(=O)c1ccc(Br)s1. The lowest BCUT2D eigenvalue weighted by Gasteiger charge is -2.18. The first-order valence-corrected chi connectivity index (χ1v) is 9.07. The molecule has 1 aromatic carbocycles. The van der Waals surface area contributed by atoms with Crippen molar-refractivity contribution in [1.29, 1.82) is 0 Å². The van der Waals surface area contributed by atoms with E-state index in [1.807, 2.05) is 0 Å². The van der Waals surface area contributed by atoms with Gasteiger partial charge in [-0.3, -0.25) is 9.59 Å². The number of carbonyl (C=O) groups excluding carboxylic acids is 2. The molecule has 128 valence electrons. The number of rotatable bonds is 6. The van der Waals surface area contributed by atoms with Gasteiger partial charge in [0.1, 0.15) is 11.9 Å². The number of thiophene rings is 1. The molecule has 24 heavy (non-hydrogen) atoms. The molecule has 0 aliphatic heterocycles. The average molecular weight is 413 g/mol. The maximum atomic E-state index is 13.6. The molecule has 7 heteroatoms. The summed E-state index contributed by atoms with van der Waals surface area (Å²) < 4.78 is 14.5. The van der Waals surface area contributed by atoms with Crippen molar-refractivity contribution in [3.8, 4) is 0 Å². The maximum Gasteiger partial charge on any atom is 0.262 e. The van der Waals surface area contributed by atoms with E-state index in [2.05, 4.69) is 26.6 Å². The zero-order chi connectivity index (χ0) is 17.7. The summed E-state index contributed by atoms with van der Waals surface area (Å²) >= 11 is 4.59. The summed E-state index contributed by atoms with van der Waals surface area (Å²) in [6, 6.07) is 9.02. The maximum absolute atomic E-state index is 13.6. The molecular formula is C17H18BrFN2O2S. The van der Waals surface area contributed by atoms with Gasteiger partial charge in [0.05, 0.1) is 8.66 Å². The molecule has 2 aromatic rings. The lowest BCUT2D eigenvalue weighted by atomic mass is 10.1. The third-order valence-electron chi connectivity index (χ3n) is 3.41. The van der Waals surface area contributed by atoms with E-state index in [1.54, 1.807) is 44.2 Å². The second-order valence-corrected chi connectivity index (χ2v) is 7.97. The predicted molar refractivity (Wildman–Crippen MR) is 96.7 cm³/mol. The van der Waals surface area contributed by atoms with Crippen LogP contribution in [0, 0.1) is 5.82 Å². The Morgan fingerprint density at radius 2 is 1.88 bits per heavy atom. The molecule has 0 saturated carbocycles. The van der Waals surface area contributed by atoms with Crippen molar-refractivity contribution in [3.63, 3.8) is 0 Å². The van der Waals surface area contributed by atoms with Crippen molar-refractivity contribution in [3.05, 3.63) is 56.4 Å². The summed E-state index contributed by atoms with van der Waals surface area (Å²) in [5.41, 5.74) is 0.547. The molecule has 0 aliphatic carbocycles. The highest BCUT2D eigenvalue weighted by Crippen LogP contribution is 2.21. The Hall–Kier alpha value is -1.73. The summed E-state index contributed by atoms with van der Waals surface area (Å²) in [5.74, 6) is -0.888. The second kappa shape index (κ2) is 8.39. The third kappa shape index (κ3) is 5.14. The number of hydrogen-bond donors (Lipinski definition) is 2. The molecule has 0 aliphatic rings. The van der Waals surface area contributed by atoms with Crippen molar-refractivity contribution >= 4 is 39.1 Å². The fraction of sp³-hybridized carbons (Fsp3) is 0.294. The van der Waals surface area contributed by atoms with Crippen molar-refractivity contribution in [2.75, 3.05) is 0 Å². The van der Waals surface area contributed by atoms with Gasteiger partial charge in [-0.25, -0.2) is 4.39 Å². The van der Waals surface area contributed by atoms with E-state index in [-0.39, 0.29) is 23.7 Å². The van der Waals surface area contributed by atoms with E-state index >= 15 is 0 Å². The van der Waals surface area contributed by atoms with Gasteiger partial charge in [-0.15, -0.1) is 11.3 Å². The largest absolute Gasteiger partial charge is 0.352 e. The topological polar surface area (TPSA) is 58.2 Å². The van der Waals surface area contributed by atoms with E-state index in [0.717, 1.165) is 3.79 Å². The molecule has 0 bridgehead atoms. The lowest BCUT2D eigenvalue weighted by molar-refractivity contribution is -0.123. The van der Waals surface area contributed by atoms with Gasteiger partial charge in [-0.05, 0) is 60.0 Å². The fourth-order valence-electron chi connectivity index (χ4n) is 2.18. The monoisotopic (exact) mass is 412 g/mol. The number of carbonyl (C=O) groups is 2. The number of hydrogen-bond acceptors (Lipinski definition) is 3. The second-order valence-electron chi connectivity index (χ2n) is 5.50. The Kier molecular flexibility index (Phi) is 6.51. The molecule has 2 amide bonds. The minimum Gasteiger partial charge on any atom is -0.352 e. The van der Waals surface area contributed by atoms with Crippen LogP contribution in [0.15, 0.2) is 40.2 Å². The van der Waals surface area contributed by atoms with E-state index in [0.29, 0.717) is 16.9 Å². The molecule has 0 saturated heterocycles. The zero-order valence-corrected chi connectivity index (χ0v) is 15.7.